The van der Waals surface area contributed by atoms with Gasteiger partial charge in [0.1, 0.15) is 5.71 Å². The highest BCUT2D eigenvalue weighted by Gasteiger charge is 2.34. The summed E-state index contributed by atoms with van der Waals surface area (Å²) in [6.45, 7) is 0. The first-order valence-corrected chi connectivity index (χ1v) is 8.11. The van der Waals surface area contributed by atoms with Gasteiger partial charge in [0, 0.05) is 24.4 Å². The van der Waals surface area contributed by atoms with Crippen molar-refractivity contribution in [3.8, 4) is 0 Å². The molecule has 122 valence electrons. The summed E-state index contributed by atoms with van der Waals surface area (Å²) < 4.78 is 0. The zero-order valence-electron chi connectivity index (χ0n) is 13.5. The van der Waals surface area contributed by atoms with Crippen LogP contribution in [-0.2, 0) is 0 Å². The average molecular weight is 328 g/mol. The molecule has 2 heterocycles. The molecule has 1 aromatic heterocycles. The van der Waals surface area contributed by atoms with Crippen molar-refractivity contribution >= 4 is 11.6 Å². The molecule has 0 spiro atoms. The lowest BCUT2D eigenvalue weighted by molar-refractivity contribution is 0.0711. The lowest BCUT2D eigenvalue weighted by Gasteiger charge is -2.22. The molecule has 1 aliphatic rings. The Morgan fingerprint density at radius 2 is 1.52 bits per heavy atom. The van der Waals surface area contributed by atoms with E-state index in [4.69, 9.17) is 0 Å². The second kappa shape index (κ2) is 6.65. The van der Waals surface area contributed by atoms with Gasteiger partial charge in [0.2, 0.25) is 0 Å². The fraction of sp³-hybridized carbons (Fsp3) is 0.100. The predicted molar refractivity (Wildman–Crippen MR) is 95.0 cm³/mol. The molecule has 2 aromatic carbocycles. The highest BCUT2D eigenvalue weighted by atomic mass is 16.2. The molecule has 25 heavy (non-hydrogen) atoms. The normalized spacial score (nSPS) is 16.6. The summed E-state index contributed by atoms with van der Waals surface area (Å²) in [4.78, 5) is 21.5. The van der Waals surface area contributed by atoms with E-state index in [-0.39, 0.29) is 11.9 Å². The van der Waals surface area contributed by atoms with E-state index in [1.807, 2.05) is 48.5 Å². The fourth-order valence-electron chi connectivity index (χ4n) is 2.93. The van der Waals surface area contributed by atoms with Gasteiger partial charge in [0.05, 0.1) is 6.04 Å². The summed E-state index contributed by atoms with van der Waals surface area (Å²) in [5.74, 6) is 0.437. The van der Waals surface area contributed by atoms with Crippen LogP contribution in [0.3, 0.4) is 0 Å². The molecular weight excluding hydrogens is 312 g/mol. The van der Waals surface area contributed by atoms with Crippen LogP contribution in [0, 0.1) is 0 Å². The molecule has 5 heteroatoms. The largest absolute Gasteiger partial charge is 0.274 e. The van der Waals surface area contributed by atoms with Crippen LogP contribution in [-0.4, -0.2) is 26.6 Å². The summed E-state index contributed by atoms with van der Waals surface area (Å²) in [6, 6.07) is 20.7. The summed E-state index contributed by atoms with van der Waals surface area (Å²) >= 11 is 0. The molecule has 4 rings (SSSR count). The quantitative estimate of drug-likeness (QED) is 0.740. The van der Waals surface area contributed by atoms with Crippen molar-refractivity contribution in [1.29, 1.82) is 0 Å². The number of benzene rings is 2. The van der Waals surface area contributed by atoms with Gasteiger partial charge in [-0.2, -0.15) is 5.10 Å². The molecule has 1 unspecified atom stereocenters. The third-order valence-electron chi connectivity index (χ3n) is 4.15. The van der Waals surface area contributed by atoms with Crippen LogP contribution < -0.4 is 0 Å². The first-order valence-electron chi connectivity index (χ1n) is 8.11. The molecule has 3 aromatic rings. The molecule has 0 bridgehead atoms. The van der Waals surface area contributed by atoms with Gasteiger partial charge >= 0.3 is 0 Å². The number of aromatic nitrogens is 2. The Balaban J connectivity index is 1.73. The summed E-state index contributed by atoms with van der Waals surface area (Å²) in [5, 5.41) is 6.12. The Kier molecular flexibility index (Phi) is 4.04. The number of nitrogens with zero attached hydrogens (tertiary/aromatic N) is 4. The number of carbonyl (C=O) groups excluding carboxylic acids is 1. The maximum atomic E-state index is 13.0. The molecule has 1 aliphatic heterocycles. The SMILES string of the molecule is O=C(c1ccccc1)N1N=C(c2ncccn2)CC1c1ccccc1. The summed E-state index contributed by atoms with van der Waals surface area (Å²) in [5.41, 5.74) is 2.38. The van der Waals surface area contributed by atoms with E-state index in [9.17, 15) is 4.79 Å². The van der Waals surface area contributed by atoms with Gasteiger partial charge < -0.3 is 0 Å². The molecular formula is C20H16N4O. The van der Waals surface area contributed by atoms with Gasteiger partial charge in [-0.25, -0.2) is 15.0 Å². The molecule has 0 saturated carbocycles. The van der Waals surface area contributed by atoms with Gasteiger partial charge in [-0.1, -0.05) is 48.5 Å². The Labute approximate surface area is 145 Å². The minimum absolute atomic E-state index is 0.125. The van der Waals surface area contributed by atoms with Crippen molar-refractivity contribution in [2.24, 2.45) is 5.10 Å². The topological polar surface area (TPSA) is 58.5 Å². The first-order chi connectivity index (χ1) is 12.3. The minimum atomic E-state index is -0.160. The third kappa shape index (κ3) is 3.04. The van der Waals surface area contributed by atoms with Gasteiger partial charge in [-0.15, -0.1) is 0 Å². The van der Waals surface area contributed by atoms with Crippen molar-refractivity contribution in [1.82, 2.24) is 15.0 Å². The van der Waals surface area contributed by atoms with Gasteiger partial charge in [-0.3, -0.25) is 4.79 Å². The summed E-state index contributed by atoms with van der Waals surface area (Å²) in [6.07, 6.45) is 3.96. The smallest absolute Gasteiger partial charge is 0.267 e. The molecule has 0 aliphatic carbocycles. The van der Waals surface area contributed by atoms with Crippen molar-refractivity contribution in [3.63, 3.8) is 0 Å². The lowest BCUT2D eigenvalue weighted by atomic mass is 10.0. The van der Waals surface area contributed by atoms with E-state index in [2.05, 4.69) is 15.1 Å². The van der Waals surface area contributed by atoms with E-state index in [0.717, 1.165) is 11.3 Å². The Morgan fingerprint density at radius 1 is 0.880 bits per heavy atom. The van der Waals surface area contributed by atoms with E-state index in [0.29, 0.717) is 17.8 Å². The highest BCUT2D eigenvalue weighted by Crippen LogP contribution is 2.33. The molecule has 0 N–H and O–H groups in total. The van der Waals surface area contributed by atoms with E-state index < -0.39 is 0 Å². The zero-order chi connectivity index (χ0) is 17.1. The van der Waals surface area contributed by atoms with Crippen LogP contribution in [0.1, 0.15) is 34.2 Å². The second-order valence-electron chi connectivity index (χ2n) is 5.77. The number of hydrogen-bond donors (Lipinski definition) is 0. The number of hydrogen-bond acceptors (Lipinski definition) is 4. The lowest BCUT2D eigenvalue weighted by Crippen LogP contribution is -2.27. The van der Waals surface area contributed by atoms with Crippen molar-refractivity contribution in [2.75, 3.05) is 0 Å². The number of amides is 1. The van der Waals surface area contributed by atoms with Crippen molar-refractivity contribution in [2.45, 2.75) is 12.5 Å². The van der Waals surface area contributed by atoms with Crippen LogP contribution in [0.15, 0.2) is 84.2 Å². The van der Waals surface area contributed by atoms with E-state index in [1.165, 1.54) is 0 Å². The summed E-state index contributed by atoms with van der Waals surface area (Å²) in [7, 11) is 0. The van der Waals surface area contributed by atoms with Crippen molar-refractivity contribution in [3.05, 3.63) is 96.1 Å². The molecule has 0 fully saturated rings. The minimum Gasteiger partial charge on any atom is -0.267 e. The maximum Gasteiger partial charge on any atom is 0.274 e. The predicted octanol–water partition coefficient (Wildman–Crippen LogP) is 3.47. The van der Waals surface area contributed by atoms with Gasteiger partial charge in [0.15, 0.2) is 5.82 Å². The standard InChI is InChI=1S/C20H16N4O/c25-20(16-10-5-2-6-11-16)24-18(15-8-3-1-4-9-15)14-17(23-24)19-21-12-7-13-22-19/h1-13,18H,14H2. The fourth-order valence-corrected chi connectivity index (χ4v) is 2.93. The van der Waals surface area contributed by atoms with Crippen LogP contribution >= 0.6 is 0 Å². The maximum absolute atomic E-state index is 13.0. The number of carbonyl (C=O) groups is 1. The van der Waals surface area contributed by atoms with Crippen LogP contribution in [0.2, 0.25) is 0 Å². The second-order valence-corrected chi connectivity index (χ2v) is 5.77. The van der Waals surface area contributed by atoms with Crippen LogP contribution in [0.4, 0.5) is 0 Å². The third-order valence-corrected chi connectivity index (χ3v) is 4.15. The van der Waals surface area contributed by atoms with Crippen molar-refractivity contribution < 1.29 is 4.79 Å². The molecule has 0 saturated heterocycles. The van der Waals surface area contributed by atoms with Gasteiger partial charge in [-0.05, 0) is 23.8 Å². The number of hydrazone groups is 1. The Hall–Kier alpha value is -3.34. The van der Waals surface area contributed by atoms with Crippen LogP contribution in [0.5, 0.6) is 0 Å². The molecule has 1 atom stereocenters. The highest BCUT2D eigenvalue weighted by molar-refractivity contribution is 6.02. The van der Waals surface area contributed by atoms with Crippen LogP contribution in [0.25, 0.3) is 0 Å². The molecule has 5 nitrogen and oxygen atoms in total. The van der Waals surface area contributed by atoms with Gasteiger partial charge in [0.25, 0.3) is 5.91 Å². The Bertz CT molecular complexity index is 895. The Morgan fingerprint density at radius 3 is 2.20 bits per heavy atom. The zero-order valence-corrected chi connectivity index (χ0v) is 13.5. The van der Waals surface area contributed by atoms with E-state index >= 15 is 0 Å². The monoisotopic (exact) mass is 328 g/mol. The number of rotatable bonds is 3. The van der Waals surface area contributed by atoms with E-state index in [1.54, 1.807) is 35.6 Å². The average Bonchev–Trinajstić information content (AvgIpc) is 3.15. The molecule has 0 radical (unpaired) electrons. The molecule has 1 amide bonds. The first kappa shape index (κ1) is 15.2.